The predicted octanol–water partition coefficient (Wildman–Crippen LogP) is 3.56. The molecular weight excluding hydrogens is 232 g/mol. The second-order valence-corrected chi connectivity index (χ2v) is 8.21. The minimum absolute atomic E-state index is 0.458. The van der Waals surface area contributed by atoms with Crippen molar-refractivity contribution in [3.8, 4) is 0 Å². The van der Waals surface area contributed by atoms with Crippen molar-refractivity contribution in [2.75, 3.05) is 19.6 Å². The van der Waals surface area contributed by atoms with E-state index in [9.17, 15) is 0 Å². The largest absolute Gasteiger partial charge is 0.330 e. The highest BCUT2D eigenvalue weighted by Gasteiger charge is 2.63. The molecule has 0 aromatic rings. The van der Waals surface area contributed by atoms with Gasteiger partial charge in [-0.1, -0.05) is 47.0 Å². The lowest BCUT2D eigenvalue weighted by Gasteiger charge is -2.36. The molecule has 0 bridgehead atoms. The summed E-state index contributed by atoms with van der Waals surface area (Å²) in [5.74, 6) is 0.834. The predicted molar refractivity (Wildman–Crippen MR) is 83.1 cm³/mol. The van der Waals surface area contributed by atoms with Crippen molar-refractivity contribution in [1.29, 1.82) is 0 Å². The fourth-order valence-corrected chi connectivity index (χ4v) is 4.30. The van der Waals surface area contributed by atoms with Crippen molar-refractivity contribution in [3.05, 3.63) is 0 Å². The Morgan fingerprint density at radius 1 is 1.00 bits per heavy atom. The summed E-state index contributed by atoms with van der Waals surface area (Å²) >= 11 is 0. The van der Waals surface area contributed by atoms with Gasteiger partial charge in [0, 0.05) is 0 Å². The van der Waals surface area contributed by atoms with Crippen LogP contribution in [0.4, 0.5) is 0 Å². The maximum absolute atomic E-state index is 6.05. The summed E-state index contributed by atoms with van der Waals surface area (Å²) in [6.07, 6.45) is 8.17. The Hall–Kier alpha value is -0.0800. The van der Waals surface area contributed by atoms with Gasteiger partial charge in [-0.05, 0) is 61.1 Å². The van der Waals surface area contributed by atoms with Gasteiger partial charge in [0.2, 0.25) is 0 Å². The Labute approximate surface area is 119 Å². The van der Waals surface area contributed by atoms with Crippen LogP contribution in [0.5, 0.6) is 0 Å². The summed E-state index contributed by atoms with van der Waals surface area (Å²) in [6.45, 7) is 12.8. The van der Waals surface area contributed by atoms with Crippen molar-refractivity contribution in [3.63, 3.8) is 0 Å². The molecule has 19 heavy (non-hydrogen) atoms. The molecule has 3 N–H and O–H groups in total. The van der Waals surface area contributed by atoms with Crippen molar-refractivity contribution < 1.29 is 0 Å². The monoisotopic (exact) mass is 266 g/mol. The summed E-state index contributed by atoms with van der Waals surface area (Å²) in [5, 5.41) is 3.71. The topological polar surface area (TPSA) is 38.0 Å². The highest BCUT2D eigenvalue weighted by atomic mass is 14.9. The molecule has 0 unspecified atom stereocenters. The standard InChI is InChI=1S/C17H34N2/c1-15(2)14(16(15,3)4)12-19-11-10-17(13-18)8-6-5-7-9-17/h14,19H,5-13,18H2,1-4H3. The third kappa shape index (κ3) is 2.85. The average molecular weight is 266 g/mol. The van der Waals surface area contributed by atoms with Gasteiger partial charge in [0.1, 0.15) is 0 Å². The molecule has 2 nitrogen and oxygen atoms in total. The van der Waals surface area contributed by atoms with E-state index in [1.165, 1.54) is 45.1 Å². The van der Waals surface area contributed by atoms with Crippen LogP contribution in [0.3, 0.4) is 0 Å². The van der Waals surface area contributed by atoms with Gasteiger partial charge in [0.15, 0.2) is 0 Å². The highest BCUT2D eigenvalue weighted by molar-refractivity contribution is 5.12. The number of nitrogens with two attached hydrogens (primary N) is 1. The molecule has 0 spiro atoms. The molecular formula is C17H34N2. The van der Waals surface area contributed by atoms with Gasteiger partial charge >= 0.3 is 0 Å². The van der Waals surface area contributed by atoms with E-state index in [0.717, 1.165) is 19.0 Å². The molecule has 0 amide bonds. The third-order valence-corrected chi connectivity index (χ3v) is 6.85. The molecule has 0 heterocycles. The van der Waals surface area contributed by atoms with Crippen LogP contribution in [-0.4, -0.2) is 19.6 Å². The molecule has 0 atom stereocenters. The van der Waals surface area contributed by atoms with Crippen molar-refractivity contribution in [1.82, 2.24) is 5.32 Å². The van der Waals surface area contributed by atoms with Gasteiger partial charge in [-0.2, -0.15) is 0 Å². The Morgan fingerprint density at radius 2 is 1.58 bits per heavy atom. The molecule has 2 aliphatic carbocycles. The van der Waals surface area contributed by atoms with Crippen molar-refractivity contribution in [2.45, 2.75) is 66.2 Å². The fourth-order valence-electron chi connectivity index (χ4n) is 4.30. The Kier molecular flexibility index (Phi) is 4.32. The third-order valence-electron chi connectivity index (χ3n) is 6.85. The molecule has 0 radical (unpaired) electrons. The van der Waals surface area contributed by atoms with Crippen molar-refractivity contribution >= 4 is 0 Å². The zero-order valence-corrected chi connectivity index (χ0v) is 13.5. The zero-order valence-electron chi connectivity index (χ0n) is 13.5. The summed E-state index contributed by atoms with van der Waals surface area (Å²) in [4.78, 5) is 0. The van der Waals surface area contributed by atoms with Crippen LogP contribution in [0.2, 0.25) is 0 Å². The van der Waals surface area contributed by atoms with Crippen LogP contribution in [0.1, 0.15) is 66.2 Å². The molecule has 2 heteroatoms. The minimum atomic E-state index is 0.458. The van der Waals surface area contributed by atoms with Crippen LogP contribution in [0.15, 0.2) is 0 Å². The number of hydrogen-bond donors (Lipinski definition) is 2. The molecule has 2 fully saturated rings. The highest BCUT2D eigenvalue weighted by Crippen LogP contribution is 2.67. The Morgan fingerprint density at radius 3 is 2.05 bits per heavy atom. The maximum atomic E-state index is 6.05. The fraction of sp³-hybridized carbons (Fsp3) is 1.00. The summed E-state index contributed by atoms with van der Waals surface area (Å²) in [7, 11) is 0. The first-order valence-electron chi connectivity index (χ1n) is 8.27. The summed E-state index contributed by atoms with van der Waals surface area (Å²) in [6, 6.07) is 0. The molecule has 112 valence electrons. The van der Waals surface area contributed by atoms with E-state index < -0.39 is 0 Å². The molecule has 2 aliphatic rings. The van der Waals surface area contributed by atoms with Crippen LogP contribution >= 0.6 is 0 Å². The molecule has 0 aromatic carbocycles. The van der Waals surface area contributed by atoms with E-state index >= 15 is 0 Å². The van der Waals surface area contributed by atoms with E-state index in [4.69, 9.17) is 5.73 Å². The van der Waals surface area contributed by atoms with E-state index in [2.05, 4.69) is 33.0 Å². The summed E-state index contributed by atoms with van der Waals surface area (Å²) in [5.41, 5.74) is 7.53. The van der Waals surface area contributed by atoms with E-state index in [1.807, 2.05) is 0 Å². The smallest absolute Gasteiger partial charge is 0.000988 e. The first-order valence-corrected chi connectivity index (χ1v) is 8.27. The second-order valence-electron chi connectivity index (χ2n) is 8.21. The normalized spacial score (nSPS) is 28.3. The number of hydrogen-bond acceptors (Lipinski definition) is 2. The molecule has 0 aliphatic heterocycles. The van der Waals surface area contributed by atoms with Gasteiger partial charge < -0.3 is 11.1 Å². The van der Waals surface area contributed by atoms with Crippen LogP contribution < -0.4 is 11.1 Å². The van der Waals surface area contributed by atoms with E-state index in [-0.39, 0.29) is 0 Å². The quantitative estimate of drug-likeness (QED) is 0.721. The Bertz CT molecular complexity index is 286. The summed E-state index contributed by atoms with van der Waals surface area (Å²) < 4.78 is 0. The second kappa shape index (κ2) is 5.37. The number of rotatable bonds is 6. The zero-order chi connectivity index (χ0) is 14.1. The lowest BCUT2D eigenvalue weighted by atomic mass is 9.72. The molecule has 2 rings (SSSR count). The van der Waals surface area contributed by atoms with Gasteiger partial charge in [-0.3, -0.25) is 0 Å². The van der Waals surface area contributed by atoms with Gasteiger partial charge in [0.25, 0.3) is 0 Å². The lowest BCUT2D eigenvalue weighted by molar-refractivity contribution is 0.180. The van der Waals surface area contributed by atoms with Crippen LogP contribution in [-0.2, 0) is 0 Å². The SMILES string of the molecule is CC1(C)C(CNCCC2(CN)CCCCC2)C1(C)C. The average Bonchev–Trinajstić information content (AvgIpc) is 2.77. The van der Waals surface area contributed by atoms with Gasteiger partial charge in [-0.25, -0.2) is 0 Å². The first-order chi connectivity index (χ1) is 8.86. The van der Waals surface area contributed by atoms with Crippen LogP contribution in [0.25, 0.3) is 0 Å². The van der Waals surface area contributed by atoms with E-state index in [1.54, 1.807) is 0 Å². The Balaban J connectivity index is 1.70. The minimum Gasteiger partial charge on any atom is -0.330 e. The molecule has 0 saturated heterocycles. The maximum Gasteiger partial charge on any atom is -0.000988 e. The van der Waals surface area contributed by atoms with E-state index in [0.29, 0.717) is 16.2 Å². The van der Waals surface area contributed by atoms with Crippen LogP contribution in [0, 0.1) is 22.2 Å². The first kappa shape index (κ1) is 15.3. The lowest BCUT2D eigenvalue weighted by Crippen LogP contribution is -2.36. The van der Waals surface area contributed by atoms with Crippen molar-refractivity contribution in [2.24, 2.45) is 27.9 Å². The van der Waals surface area contributed by atoms with Gasteiger partial charge in [0.05, 0.1) is 0 Å². The number of nitrogens with one attached hydrogen (secondary N) is 1. The molecule has 2 saturated carbocycles. The molecule has 0 aromatic heterocycles. The van der Waals surface area contributed by atoms with Gasteiger partial charge in [-0.15, -0.1) is 0 Å².